The topological polar surface area (TPSA) is 29.1 Å². The summed E-state index contributed by atoms with van der Waals surface area (Å²) in [6.45, 7) is 5.74. The van der Waals surface area contributed by atoms with Crippen molar-refractivity contribution in [1.29, 1.82) is 0 Å². The molecule has 0 spiro atoms. The molecule has 0 aromatic heterocycles. The molecular formula is C14H19BrFNO. The summed E-state index contributed by atoms with van der Waals surface area (Å²) in [6.07, 6.45) is 1.70. The van der Waals surface area contributed by atoms with Crippen molar-refractivity contribution in [2.24, 2.45) is 0 Å². The van der Waals surface area contributed by atoms with Crippen molar-refractivity contribution in [3.63, 3.8) is 0 Å². The Hall–Kier alpha value is -0.900. The van der Waals surface area contributed by atoms with Crippen LogP contribution >= 0.6 is 15.9 Å². The Morgan fingerprint density at radius 1 is 1.39 bits per heavy atom. The van der Waals surface area contributed by atoms with Gasteiger partial charge in [0, 0.05) is 16.4 Å². The van der Waals surface area contributed by atoms with E-state index >= 15 is 0 Å². The van der Waals surface area contributed by atoms with E-state index in [0.29, 0.717) is 16.5 Å². The van der Waals surface area contributed by atoms with Crippen LogP contribution < -0.4 is 5.32 Å². The first kappa shape index (κ1) is 15.2. The zero-order valence-corrected chi connectivity index (χ0v) is 12.6. The molecule has 0 unspecified atom stereocenters. The number of benzene rings is 1. The number of carbonyl (C=O) groups is 1. The van der Waals surface area contributed by atoms with Crippen molar-refractivity contribution in [1.82, 2.24) is 5.32 Å². The van der Waals surface area contributed by atoms with Crippen LogP contribution in [0.15, 0.2) is 18.2 Å². The molecule has 1 rings (SSSR count). The summed E-state index contributed by atoms with van der Waals surface area (Å²) >= 11 is 3.45. The predicted molar refractivity (Wildman–Crippen MR) is 75.7 cm³/mol. The molecule has 0 radical (unpaired) electrons. The Morgan fingerprint density at radius 3 is 2.44 bits per heavy atom. The maximum absolute atomic E-state index is 13.2. The second kappa shape index (κ2) is 6.32. The molecule has 0 saturated heterocycles. The molecule has 18 heavy (non-hydrogen) atoms. The minimum absolute atomic E-state index is 0.152. The van der Waals surface area contributed by atoms with Crippen LogP contribution in [0.1, 0.15) is 42.6 Å². The Bertz CT molecular complexity index is 422. The van der Waals surface area contributed by atoms with Crippen LogP contribution in [0.4, 0.5) is 4.39 Å². The maximum atomic E-state index is 13.2. The SMILES string of the molecule is CCC(CC)(CBr)NC(=O)c1ccc(F)c(C)c1. The van der Waals surface area contributed by atoms with Gasteiger partial charge in [0.15, 0.2) is 0 Å². The van der Waals surface area contributed by atoms with Crippen molar-refractivity contribution < 1.29 is 9.18 Å². The van der Waals surface area contributed by atoms with E-state index in [-0.39, 0.29) is 17.3 Å². The number of hydrogen-bond donors (Lipinski definition) is 1. The Kier molecular flexibility index (Phi) is 5.32. The summed E-state index contributed by atoms with van der Waals surface area (Å²) in [5, 5.41) is 3.74. The van der Waals surface area contributed by atoms with Gasteiger partial charge in [-0.3, -0.25) is 4.79 Å². The smallest absolute Gasteiger partial charge is 0.251 e. The number of nitrogens with one attached hydrogen (secondary N) is 1. The third kappa shape index (κ3) is 3.31. The fraction of sp³-hybridized carbons (Fsp3) is 0.500. The molecule has 1 aromatic rings. The lowest BCUT2D eigenvalue weighted by atomic mass is 9.95. The first-order valence-corrected chi connectivity index (χ1v) is 7.24. The van der Waals surface area contributed by atoms with Gasteiger partial charge in [-0.25, -0.2) is 4.39 Å². The standard InChI is InChI=1S/C14H19BrFNO/c1-4-14(5-2,9-15)17-13(18)11-6-7-12(16)10(3)8-11/h6-8H,4-5,9H2,1-3H3,(H,17,18). The minimum atomic E-state index is -0.288. The van der Waals surface area contributed by atoms with Crippen molar-refractivity contribution in [2.45, 2.75) is 39.2 Å². The number of alkyl halides is 1. The number of rotatable bonds is 5. The second-order valence-electron chi connectivity index (χ2n) is 4.54. The van der Waals surface area contributed by atoms with Crippen LogP contribution in [0.2, 0.25) is 0 Å². The molecule has 4 heteroatoms. The lowest BCUT2D eigenvalue weighted by molar-refractivity contribution is 0.0903. The van der Waals surface area contributed by atoms with Crippen molar-refractivity contribution in [3.8, 4) is 0 Å². The van der Waals surface area contributed by atoms with Crippen LogP contribution in [-0.2, 0) is 0 Å². The lowest BCUT2D eigenvalue weighted by Gasteiger charge is -2.31. The lowest BCUT2D eigenvalue weighted by Crippen LogP contribution is -2.49. The van der Waals surface area contributed by atoms with Crippen LogP contribution in [0.5, 0.6) is 0 Å². The van der Waals surface area contributed by atoms with Gasteiger partial charge in [0.2, 0.25) is 0 Å². The molecule has 0 heterocycles. The van der Waals surface area contributed by atoms with E-state index in [2.05, 4.69) is 21.2 Å². The highest BCUT2D eigenvalue weighted by atomic mass is 79.9. The molecule has 2 nitrogen and oxygen atoms in total. The molecule has 0 aliphatic carbocycles. The Labute approximate surface area is 116 Å². The van der Waals surface area contributed by atoms with Gasteiger partial charge < -0.3 is 5.32 Å². The van der Waals surface area contributed by atoms with Crippen molar-refractivity contribution in [3.05, 3.63) is 35.1 Å². The summed E-state index contributed by atoms with van der Waals surface area (Å²) in [7, 11) is 0. The second-order valence-corrected chi connectivity index (χ2v) is 5.10. The van der Waals surface area contributed by atoms with E-state index in [0.717, 1.165) is 12.8 Å². The molecule has 1 N–H and O–H groups in total. The van der Waals surface area contributed by atoms with Gasteiger partial charge in [0.25, 0.3) is 5.91 Å². The summed E-state index contributed by atoms with van der Waals surface area (Å²) in [4.78, 5) is 12.1. The maximum Gasteiger partial charge on any atom is 0.251 e. The molecule has 0 aliphatic heterocycles. The summed E-state index contributed by atoms with van der Waals surface area (Å²) in [6, 6.07) is 4.43. The normalized spacial score (nSPS) is 11.4. The van der Waals surface area contributed by atoms with E-state index in [1.54, 1.807) is 13.0 Å². The third-order valence-electron chi connectivity index (χ3n) is 3.41. The molecule has 0 saturated carbocycles. The average Bonchev–Trinajstić information content (AvgIpc) is 2.39. The Balaban J connectivity index is 2.90. The van der Waals surface area contributed by atoms with Crippen LogP contribution in [0, 0.1) is 12.7 Å². The van der Waals surface area contributed by atoms with Crippen LogP contribution in [0.25, 0.3) is 0 Å². The summed E-state index contributed by atoms with van der Waals surface area (Å²) < 4.78 is 13.2. The monoisotopic (exact) mass is 315 g/mol. The third-order valence-corrected chi connectivity index (χ3v) is 4.48. The predicted octanol–water partition coefficient (Wildman–Crippen LogP) is 3.82. The molecule has 0 fully saturated rings. The number of hydrogen-bond acceptors (Lipinski definition) is 1. The van der Waals surface area contributed by atoms with E-state index in [4.69, 9.17) is 0 Å². The number of aryl methyl sites for hydroxylation is 1. The van der Waals surface area contributed by atoms with Gasteiger partial charge in [-0.05, 0) is 43.5 Å². The summed E-state index contributed by atoms with van der Waals surface area (Å²) in [5.74, 6) is -0.439. The van der Waals surface area contributed by atoms with Gasteiger partial charge in [-0.2, -0.15) is 0 Å². The van der Waals surface area contributed by atoms with E-state index < -0.39 is 0 Å². The first-order chi connectivity index (χ1) is 8.48. The quantitative estimate of drug-likeness (QED) is 0.822. The van der Waals surface area contributed by atoms with E-state index in [9.17, 15) is 9.18 Å². The van der Waals surface area contributed by atoms with Gasteiger partial charge in [0.05, 0.1) is 0 Å². The highest BCUT2D eigenvalue weighted by Gasteiger charge is 2.27. The number of amides is 1. The van der Waals surface area contributed by atoms with Gasteiger partial charge in [-0.15, -0.1) is 0 Å². The number of carbonyl (C=O) groups excluding carboxylic acids is 1. The highest BCUT2D eigenvalue weighted by Crippen LogP contribution is 2.19. The van der Waals surface area contributed by atoms with Crippen molar-refractivity contribution in [2.75, 3.05) is 5.33 Å². The molecule has 0 bridgehead atoms. The molecule has 100 valence electrons. The van der Waals surface area contributed by atoms with Crippen molar-refractivity contribution >= 4 is 21.8 Å². The molecule has 0 atom stereocenters. The Morgan fingerprint density at radius 2 is 2.00 bits per heavy atom. The largest absolute Gasteiger partial charge is 0.346 e. The van der Waals surface area contributed by atoms with E-state index in [1.807, 2.05) is 13.8 Å². The van der Waals surface area contributed by atoms with Gasteiger partial charge in [-0.1, -0.05) is 29.8 Å². The first-order valence-electron chi connectivity index (χ1n) is 6.12. The van der Waals surface area contributed by atoms with E-state index in [1.165, 1.54) is 12.1 Å². The highest BCUT2D eigenvalue weighted by molar-refractivity contribution is 9.09. The number of halogens is 2. The van der Waals surface area contributed by atoms with Crippen LogP contribution in [-0.4, -0.2) is 16.8 Å². The van der Waals surface area contributed by atoms with Crippen LogP contribution in [0.3, 0.4) is 0 Å². The fourth-order valence-corrected chi connectivity index (χ4v) is 2.68. The molecular weight excluding hydrogens is 297 g/mol. The average molecular weight is 316 g/mol. The molecule has 1 aromatic carbocycles. The zero-order valence-electron chi connectivity index (χ0n) is 11.0. The van der Waals surface area contributed by atoms with Gasteiger partial charge >= 0.3 is 0 Å². The zero-order chi connectivity index (χ0) is 13.8. The summed E-state index contributed by atoms with van der Waals surface area (Å²) in [5.41, 5.74) is 0.751. The minimum Gasteiger partial charge on any atom is -0.346 e. The fourth-order valence-electron chi connectivity index (χ4n) is 1.75. The van der Waals surface area contributed by atoms with Gasteiger partial charge in [0.1, 0.15) is 5.82 Å². The molecule has 1 amide bonds. The molecule has 0 aliphatic rings.